The Morgan fingerprint density at radius 2 is 1.63 bits per heavy atom. The third-order valence-corrected chi connectivity index (χ3v) is 8.15. The summed E-state index contributed by atoms with van der Waals surface area (Å²) in [6.07, 6.45) is 2.01. The van der Waals surface area contributed by atoms with Crippen molar-refractivity contribution in [1.29, 1.82) is 0 Å². The average Bonchev–Trinajstić information content (AvgIpc) is 3.60. The highest BCUT2D eigenvalue weighted by molar-refractivity contribution is 5.96. The molecule has 49 heavy (non-hydrogen) atoms. The van der Waals surface area contributed by atoms with Gasteiger partial charge in [-0.1, -0.05) is 56.3 Å². The molecule has 0 aliphatic heterocycles. The summed E-state index contributed by atoms with van der Waals surface area (Å²) in [6, 6.07) is 18.6. The monoisotopic (exact) mass is 670 g/mol. The number of aliphatic hydroxyl groups excluding tert-OH is 1. The standard InChI is InChI=1S/C37H46N6O6/c1-5-49-29-15-13-27(14-16-29)41-33(44)19-26(18-25-11-8-10-24-9-6-7-12-30(24)25)35(46)43-32(20-28-21-39-22-40-28)36(47)42-31(17-23(2)3)34(45)37(48)38-4/h6-16,21-23,26,31-32,34,45H,5,17-20H2,1-4H3,(H,38,48)(H,39,40)(H,41,44)(H,42,47)(H,43,46)/t26?,31-,32-,34?/m0/s1. The molecule has 0 aliphatic carbocycles. The molecule has 4 rings (SSSR count). The van der Waals surface area contributed by atoms with Crippen molar-refractivity contribution < 1.29 is 29.0 Å². The maximum atomic E-state index is 14.2. The Morgan fingerprint density at radius 1 is 0.898 bits per heavy atom. The Labute approximate surface area is 286 Å². The Kier molecular flexibility index (Phi) is 13.3. The summed E-state index contributed by atoms with van der Waals surface area (Å²) >= 11 is 0. The molecule has 1 aromatic heterocycles. The van der Waals surface area contributed by atoms with Crippen LogP contribution in [0, 0.1) is 11.8 Å². The van der Waals surface area contributed by atoms with Gasteiger partial charge in [0.2, 0.25) is 17.7 Å². The van der Waals surface area contributed by atoms with Crippen molar-refractivity contribution in [3.8, 4) is 5.75 Å². The van der Waals surface area contributed by atoms with E-state index in [-0.39, 0.29) is 31.1 Å². The molecule has 3 aromatic carbocycles. The van der Waals surface area contributed by atoms with Crippen molar-refractivity contribution in [2.24, 2.45) is 11.8 Å². The van der Waals surface area contributed by atoms with Gasteiger partial charge in [-0.3, -0.25) is 19.2 Å². The summed E-state index contributed by atoms with van der Waals surface area (Å²) in [5.74, 6) is -2.23. The van der Waals surface area contributed by atoms with Crippen LogP contribution >= 0.6 is 0 Å². The molecule has 6 N–H and O–H groups in total. The zero-order chi connectivity index (χ0) is 35.3. The number of carbonyl (C=O) groups excluding carboxylic acids is 4. The first-order valence-electron chi connectivity index (χ1n) is 16.5. The molecule has 0 saturated carbocycles. The molecular formula is C37H46N6O6. The summed E-state index contributed by atoms with van der Waals surface area (Å²) in [6.45, 7) is 6.23. The van der Waals surface area contributed by atoms with Crippen LogP contribution in [0.3, 0.4) is 0 Å². The number of amides is 4. The van der Waals surface area contributed by atoms with E-state index in [1.54, 1.807) is 30.5 Å². The van der Waals surface area contributed by atoms with Crippen LogP contribution in [0.4, 0.5) is 5.69 Å². The minimum atomic E-state index is -1.50. The Balaban J connectivity index is 1.60. The number of nitrogens with zero attached hydrogens (tertiary/aromatic N) is 1. The molecule has 12 heteroatoms. The van der Waals surface area contributed by atoms with Crippen LogP contribution in [0.2, 0.25) is 0 Å². The lowest BCUT2D eigenvalue weighted by Crippen LogP contribution is -2.56. The first kappa shape index (κ1) is 36.6. The largest absolute Gasteiger partial charge is 0.494 e. The van der Waals surface area contributed by atoms with Crippen LogP contribution in [0.25, 0.3) is 10.8 Å². The third-order valence-electron chi connectivity index (χ3n) is 8.15. The lowest BCUT2D eigenvalue weighted by Gasteiger charge is -2.28. The predicted molar refractivity (Wildman–Crippen MR) is 188 cm³/mol. The second-order valence-electron chi connectivity index (χ2n) is 12.4. The number of fused-ring (bicyclic) bond motifs is 1. The van der Waals surface area contributed by atoms with Crippen molar-refractivity contribution in [3.05, 3.63) is 90.5 Å². The van der Waals surface area contributed by atoms with E-state index < -0.39 is 41.8 Å². The molecule has 4 aromatic rings. The van der Waals surface area contributed by atoms with Gasteiger partial charge in [0.25, 0.3) is 5.91 Å². The Bertz CT molecular complexity index is 1690. The molecule has 0 bridgehead atoms. The molecule has 4 atom stereocenters. The van der Waals surface area contributed by atoms with E-state index in [0.29, 0.717) is 30.2 Å². The summed E-state index contributed by atoms with van der Waals surface area (Å²) in [5, 5.41) is 23.6. The first-order chi connectivity index (χ1) is 23.6. The van der Waals surface area contributed by atoms with Crippen molar-refractivity contribution in [2.75, 3.05) is 19.0 Å². The summed E-state index contributed by atoms with van der Waals surface area (Å²) < 4.78 is 5.49. The summed E-state index contributed by atoms with van der Waals surface area (Å²) in [5.41, 5.74) is 1.96. The number of nitrogens with one attached hydrogen (secondary N) is 5. The number of hydrogen-bond acceptors (Lipinski definition) is 7. The zero-order valence-electron chi connectivity index (χ0n) is 28.4. The normalized spacial score (nSPS) is 13.6. The molecule has 0 saturated heterocycles. The van der Waals surface area contributed by atoms with Gasteiger partial charge in [0, 0.05) is 31.8 Å². The van der Waals surface area contributed by atoms with Gasteiger partial charge in [0.15, 0.2) is 6.10 Å². The van der Waals surface area contributed by atoms with Crippen molar-refractivity contribution in [2.45, 2.75) is 64.6 Å². The fourth-order valence-corrected chi connectivity index (χ4v) is 5.73. The number of hydrogen-bond donors (Lipinski definition) is 6. The number of carbonyl (C=O) groups is 4. The van der Waals surface area contributed by atoms with Gasteiger partial charge < -0.3 is 36.1 Å². The lowest BCUT2D eigenvalue weighted by molar-refractivity contribution is -0.135. The van der Waals surface area contributed by atoms with Crippen LogP contribution in [0.15, 0.2) is 79.3 Å². The van der Waals surface area contributed by atoms with Gasteiger partial charge >= 0.3 is 0 Å². The van der Waals surface area contributed by atoms with Crippen LogP contribution in [-0.2, 0) is 32.0 Å². The highest BCUT2D eigenvalue weighted by Crippen LogP contribution is 2.24. The number of aromatic amines is 1. The topological polar surface area (TPSA) is 175 Å². The molecule has 2 unspecified atom stereocenters. The second kappa shape index (κ2) is 17.8. The maximum Gasteiger partial charge on any atom is 0.250 e. The molecule has 0 spiro atoms. The van der Waals surface area contributed by atoms with Crippen molar-refractivity contribution in [1.82, 2.24) is 25.9 Å². The quantitative estimate of drug-likeness (QED) is 0.0997. The number of likely N-dealkylation sites (N-methyl/N-ethyl adjacent to an activating group) is 1. The van der Waals surface area contributed by atoms with E-state index in [4.69, 9.17) is 4.74 Å². The SMILES string of the molecule is CCOc1ccc(NC(=O)CC(Cc2cccc3ccccc23)C(=O)N[C@@H](Cc2c[nH]cn2)C(=O)N[C@@H](CC(C)C)C(O)C(=O)NC)cc1. The summed E-state index contributed by atoms with van der Waals surface area (Å²) in [7, 11) is 1.41. The number of aromatic nitrogens is 2. The zero-order valence-corrected chi connectivity index (χ0v) is 28.4. The number of imidazole rings is 1. The van der Waals surface area contributed by atoms with Gasteiger partial charge in [-0.15, -0.1) is 0 Å². The van der Waals surface area contributed by atoms with E-state index in [1.807, 2.05) is 63.2 Å². The van der Waals surface area contributed by atoms with Crippen molar-refractivity contribution >= 4 is 40.1 Å². The summed E-state index contributed by atoms with van der Waals surface area (Å²) in [4.78, 5) is 60.8. The molecule has 0 aliphatic rings. The first-order valence-corrected chi connectivity index (χ1v) is 16.5. The molecule has 0 fully saturated rings. The van der Waals surface area contributed by atoms with E-state index >= 15 is 0 Å². The van der Waals surface area contributed by atoms with Gasteiger partial charge in [0.05, 0.1) is 30.6 Å². The Morgan fingerprint density at radius 3 is 2.31 bits per heavy atom. The number of rotatable bonds is 17. The van der Waals surface area contributed by atoms with Crippen LogP contribution < -0.4 is 26.0 Å². The minimum absolute atomic E-state index is 0.0326. The molecule has 260 valence electrons. The van der Waals surface area contributed by atoms with E-state index in [9.17, 15) is 24.3 Å². The number of aliphatic hydroxyl groups is 1. The van der Waals surface area contributed by atoms with Crippen LogP contribution in [0.5, 0.6) is 5.75 Å². The third kappa shape index (κ3) is 10.6. The molecular weight excluding hydrogens is 624 g/mol. The molecule has 4 amide bonds. The van der Waals surface area contributed by atoms with Crippen LogP contribution in [0.1, 0.15) is 44.9 Å². The number of H-pyrrole nitrogens is 1. The average molecular weight is 671 g/mol. The molecule has 12 nitrogen and oxygen atoms in total. The van der Waals surface area contributed by atoms with Gasteiger partial charge in [-0.25, -0.2) is 4.98 Å². The molecule has 0 radical (unpaired) electrons. The van der Waals surface area contributed by atoms with Crippen LogP contribution in [-0.4, -0.2) is 70.5 Å². The number of anilines is 1. The van der Waals surface area contributed by atoms with E-state index in [1.165, 1.54) is 13.4 Å². The fourth-order valence-electron chi connectivity index (χ4n) is 5.73. The number of benzene rings is 3. The number of ether oxygens (including phenoxy) is 1. The van der Waals surface area contributed by atoms with Gasteiger partial charge in [0.1, 0.15) is 11.8 Å². The van der Waals surface area contributed by atoms with Crippen molar-refractivity contribution in [3.63, 3.8) is 0 Å². The highest BCUT2D eigenvalue weighted by atomic mass is 16.5. The van der Waals surface area contributed by atoms with Gasteiger partial charge in [-0.05, 0) is 66.3 Å². The Hall–Kier alpha value is -5.23. The minimum Gasteiger partial charge on any atom is -0.494 e. The smallest absolute Gasteiger partial charge is 0.250 e. The van der Waals surface area contributed by atoms with Gasteiger partial charge in [-0.2, -0.15) is 0 Å². The lowest BCUT2D eigenvalue weighted by atomic mass is 9.91. The predicted octanol–water partition coefficient (Wildman–Crippen LogP) is 3.51. The van der Waals surface area contributed by atoms with E-state index in [0.717, 1.165) is 16.3 Å². The highest BCUT2D eigenvalue weighted by Gasteiger charge is 2.33. The molecule has 1 heterocycles. The van der Waals surface area contributed by atoms with E-state index in [2.05, 4.69) is 31.2 Å². The maximum absolute atomic E-state index is 14.2. The fraction of sp³-hybridized carbons (Fsp3) is 0.378. The second-order valence-corrected chi connectivity index (χ2v) is 12.4.